The minimum absolute atomic E-state index is 0.154. The number of hydrazine groups is 1. The second-order valence-corrected chi connectivity index (χ2v) is 4.30. The largest absolute Gasteiger partial charge is 0.378 e. The van der Waals surface area contributed by atoms with E-state index < -0.39 is 0 Å². The predicted octanol–water partition coefficient (Wildman–Crippen LogP) is 0.665. The van der Waals surface area contributed by atoms with Crippen LogP contribution in [0.15, 0.2) is 18.3 Å². The van der Waals surface area contributed by atoms with Gasteiger partial charge in [0.25, 0.3) is 5.91 Å². The van der Waals surface area contributed by atoms with E-state index in [1.165, 1.54) is 6.20 Å². The molecule has 0 bridgehead atoms. The maximum absolute atomic E-state index is 11.8. The highest BCUT2D eigenvalue weighted by atomic mass is 16.5. The number of hydrogen-bond donors (Lipinski definition) is 3. The number of ether oxygens (including phenoxy) is 1. The van der Waals surface area contributed by atoms with Crippen molar-refractivity contribution in [3.63, 3.8) is 0 Å². The molecule has 1 aliphatic carbocycles. The van der Waals surface area contributed by atoms with E-state index in [2.05, 4.69) is 15.7 Å². The molecular formula is C12H18N4O2. The number of pyridine rings is 1. The molecule has 1 aliphatic rings. The topological polar surface area (TPSA) is 89.3 Å². The lowest BCUT2D eigenvalue weighted by atomic mass is 9.89. The van der Waals surface area contributed by atoms with E-state index >= 15 is 0 Å². The second kappa shape index (κ2) is 5.79. The first-order valence-electron chi connectivity index (χ1n) is 6.08. The summed E-state index contributed by atoms with van der Waals surface area (Å²) < 4.78 is 5.44. The van der Waals surface area contributed by atoms with Crippen LogP contribution in [0.4, 0.5) is 5.69 Å². The van der Waals surface area contributed by atoms with Crippen molar-refractivity contribution in [3.8, 4) is 0 Å². The molecule has 4 N–H and O–H groups in total. The molecule has 98 valence electrons. The third-order valence-corrected chi connectivity index (χ3v) is 3.00. The van der Waals surface area contributed by atoms with Crippen molar-refractivity contribution in [2.45, 2.75) is 31.9 Å². The van der Waals surface area contributed by atoms with Crippen LogP contribution in [0.25, 0.3) is 0 Å². The lowest BCUT2D eigenvalue weighted by molar-refractivity contribution is -0.00866. The van der Waals surface area contributed by atoms with Gasteiger partial charge in [-0.1, -0.05) is 0 Å². The van der Waals surface area contributed by atoms with Crippen LogP contribution in [-0.2, 0) is 4.74 Å². The molecule has 0 spiro atoms. The number of nitrogens with two attached hydrogens (primary N) is 1. The van der Waals surface area contributed by atoms with Crippen molar-refractivity contribution < 1.29 is 9.53 Å². The highest BCUT2D eigenvalue weighted by molar-refractivity contribution is 5.92. The number of amides is 1. The van der Waals surface area contributed by atoms with Gasteiger partial charge in [0.15, 0.2) is 0 Å². The van der Waals surface area contributed by atoms with Crippen molar-refractivity contribution in [1.29, 1.82) is 0 Å². The van der Waals surface area contributed by atoms with Crippen molar-refractivity contribution in [2.75, 3.05) is 12.0 Å². The van der Waals surface area contributed by atoms with Crippen LogP contribution < -0.4 is 16.6 Å². The summed E-state index contributed by atoms with van der Waals surface area (Å²) in [6.45, 7) is 2.70. The number of carbonyl (C=O) groups excluding carboxylic acids is 1. The number of hydrogen-bond acceptors (Lipinski definition) is 5. The van der Waals surface area contributed by atoms with Gasteiger partial charge in [0.2, 0.25) is 0 Å². The quantitative estimate of drug-likeness (QED) is 0.528. The number of aromatic nitrogens is 1. The molecule has 2 rings (SSSR count). The number of rotatable bonds is 5. The van der Waals surface area contributed by atoms with Crippen LogP contribution in [-0.4, -0.2) is 29.6 Å². The van der Waals surface area contributed by atoms with Gasteiger partial charge in [-0.25, -0.2) is 4.98 Å². The first-order chi connectivity index (χ1) is 8.72. The molecule has 0 aliphatic heterocycles. The van der Waals surface area contributed by atoms with Gasteiger partial charge in [-0.3, -0.25) is 10.6 Å². The Hall–Kier alpha value is -1.66. The maximum atomic E-state index is 11.8. The van der Waals surface area contributed by atoms with E-state index in [0.717, 1.165) is 19.4 Å². The van der Waals surface area contributed by atoms with Gasteiger partial charge < -0.3 is 15.5 Å². The minimum atomic E-state index is -0.154. The molecule has 1 saturated carbocycles. The smallest absolute Gasteiger partial charge is 0.270 e. The maximum Gasteiger partial charge on any atom is 0.270 e. The van der Waals surface area contributed by atoms with Crippen LogP contribution in [0.5, 0.6) is 0 Å². The molecule has 6 heteroatoms. The Morgan fingerprint density at radius 3 is 2.89 bits per heavy atom. The summed E-state index contributed by atoms with van der Waals surface area (Å²) in [6, 6.07) is 3.55. The Bertz CT molecular complexity index is 401. The van der Waals surface area contributed by atoms with Gasteiger partial charge >= 0.3 is 0 Å². The first-order valence-corrected chi connectivity index (χ1v) is 6.08. The zero-order valence-electron chi connectivity index (χ0n) is 10.3. The predicted molar refractivity (Wildman–Crippen MR) is 67.9 cm³/mol. The summed E-state index contributed by atoms with van der Waals surface area (Å²) in [7, 11) is 0. The number of carbonyl (C=O) groups is 1. The van der Waals surface area contributed by atoms with Gasteiger partial charge in [-0.15, -0.1) is 0 Å². The van der Waals surface area contributed by atoms with Crippen LogP contribution in [0.1, 0.15) is 30.3 Å². The Balaban J connectivity index is 1.81. The normalized spacial score (nSPS) is 22.1. The van der Waals surface area contributed by atoms with E-state index in [1.807, 2.05) is 6.92 Å². The molecule has 1 aromatic heterocycles. The monoisotopic (exact) mass is 250 g/mol. The number of nitrogens with one attached hydrogen (secondary N) is 2. The SMILES string of the molecule is CCOC1CC(NC(=O)c2ccc(NN)cn2)C1. The number of anilines is 1. The Morgan fingerprint density at radius 2 is 2.33 bits per heavy atom. The van der Waals surface area contributed by atoms with E-state index in [1.54, 1.807) is 12.1 Å². The molecule has 0 atom stereocenters. The third-order valence-electron chi connectivity index (χ3n) is 3.00. The fraction of sp³-hybridized carbons (Fsp3) is 0.500. The summed E-state index contributed by atoms with van der Waals surface area (Å²) in [4.78, 5) is 15.9. The molecule has 0 radical (unpaired) electrons. The second-order valence-electron chi connectivity index (χ2n) is 4.30. The molecule has 0 unspecified atom stereocenters. The standard InChI is InChI=1S/C12H18N4O2/c1-2-18-10-5-9(6-10)15-12(17)11-4-3-8(16-13)7-14-11/h3-4,7,9-10,16H,2,5-6,13H2,1H3,(H,15,17). The molecule has 1 amide bonds. The van der Waals surface area contributed by atoms with Crippen molar-refractivity contribution >= 4 is 11.6 Å². The third kappa shape index (κ3) is 2.96. The average molecular weight is 250 g/mol. The first kappa shape index (κ1) is 12.8. The summed E-state index contributed by atoms with van der Waals surface area (Å²) >= 11 is 0. The van der Waals surface area contributed by atoms with E-state index in [-0.39, 0.29) is 18.1 Å². The molecule has 1 heterocycles. The zero-order chi connectivity index (χ0) is 13.0. The summed E-state index contributed by atoms with van der Waals surface area (Å²) in [6.07, 6.45) is 3.57. The summed E-state index contributed by atoms with van der Waals surface area (Å²) in [5.74, 6) is 5.07. The molecule has 0 saturated heterocycles. The van der Waals surface area contributed by atoms with Crippen molar-refractivity contribution in [3.05, 3.63) is 24.0 Å². The average Bonchev–Trinajstić information content (AvgIpc) is 2.36. The fourth-order valence-electron chi connectivity index (χ4n) is 1.93. The van der Waals surface area contributed by atoms with Crippen molar-refractivity contribution in [1.82, 2.24) is 10.3 Å². The zero-order valence-corrected chi connectivity index (χ0v) is 10.3. The molecule has 6 nitrogen and oxygen atoms in total. The van der Waals surface area contributed by atoms with Gasteiger partial charge in [-0.2, -0.15) is 0 Å². The Labute approximate surface area is 106 Å². The Morgan fingerprint density at radius 1 is 1.56 bits per heavy atom. The number of nitrogen functional groups attached to an aromatic ring is 1. The van der Waals surface area contributed by atoms with Crippen LogP contribution in [0.3, 0.4) is 0 Å². The molecule has 1 fully saturated rings. The molecule has 1 aromatic rings. The summed E-state index contributed by atoms with van der Waals surface area (Å²) in [5.41, 5.74) is 3.54. The summed E-state index contributed by atoms with van der Waals surface area (Å²) in [5, 5.41) is 2.93. The van der Waals surface area contributed by atoms with E-state index in [4.69, 9.17) is 10.6 Å². The van der Waals surface area contributed by atoms with Crippen molar-refractivity contribution in [2.24, 2.45) is 5.84 Å². The van der Waals surface area contributed by atoms with Gasteiger partial charge in [0.1, 0.15) is 5.69 Å². The molecule has 18 heavy (non-hydrogen) atoms. The highest BCUT2D eigenvalue weighted by Crippen LogP contribution is 2.23. The number of nitrogens with zero attached hydrogens (tertiary/aromatic N) is 1. The van der Waals surface area contributed by atoms with Gasteiger partial charge in [-0.05, 0) is 31.9 Å². The molecular weight excluding hydrogens is 232 g/mol. The van der Waals surface area contributed by atoms with Crippen LogP contribution in [0, 0.1) is 0 Å². The lowest BCUT2D eigenvalue weighted by Gasteiger charge is -2.35. The Kier molecular flexibility index (Phi) is 4.11. The minimum Gasteiger partial charge on any atom is -0.378 e. The lowest BCUT2D eigenvalue weighted by Crippen LogP contribution is -2.48. The van der Waals surface area contributed by atoms with Gasteiger partial charge in [0.05, 0.1) is 18.0 Å². The highest BCUT2D eigenvalue weighted by Gasteiger charge is 2.30. The van der Waals surface area contributed by atoms with Gasteiger partial charge in [0, 0.05) is 12.6 Å². The van der Waals surface area contributed by atoms with E-state index in [0.29, 0.717) is 11.4 Å². The molecule has 0 aromatic carbocycles. The van der Waals surface area contributed by atoms with E-state index in [9.17, 15) is 4.79 Å². The van der Waals surface area contributed by atoms with Crippen LogP contribution >= 0.6 is 0 Å². The van der Waals surface area contributed by atoms with Crippen LogP contribution in [0.2, 0.25) is 0 Å². The fourth-order valence-corrected chi connectivity index (χ4v) is 1.93.